The number of carbonyl (C=O) groups is 1. The second-order valence-electron chi connectivity index (χ2n) is 3.48. The van der Waals surface area contributed by atoms with E-state index in [0.29, 0.717) is 6.42 Å². The molecule has 0 atom stereocenters. The third-order valence-electron chi connectivity index (χ3n) is 2.67. The van der Waals surface area contributed by atoms with Crippen molar-refractivity contribution >= 4 is 17.2 Å². The first-order valence-corrected chi connectivity index (χ1v) is 4.85. The Kier molecular flexibility index (Phi) is 2.46. The maximum absolute atomic E-state index is 10.5. The van der Waals surface area contributed by atoms with Gasteiger partial charge in [-0.05, 0) is 18.6 Å². The summed E-state index contributed by atoms with van der Waals surface area (Å²) in [5.41, 5.74) is 3.05. The fourth-order valence-electron chi connectivity index (χ4n) is 1.84. The van der Waals surface area contributed by atoms with Crippen molar-refractivity contribution in [2.24, 2.45) is 0 Å². The van der Waals surface area contributed by atoms with Gasteiger partial charge in [-0.3, -0.25) is 0 Å². The van der Waals surface area contributed by atoms with Crippen molar-refractivity contribution in [3.63, 3.8) is 0 Å². The Hall–Kier alpha value is -1.77. The third kappa shape index (κ3) is 1.50. The van der Waals surface area contributed by atoms with Crippen LogP contribution in [0.3, 0.4) is 0 Å². The van der Waals surface area contributed by atoms with E-state index in [-0.39, 0.29) is 0 Å². The van der Waals surface area contributed by atoms with E-state index in [4.69, 9.17) is 4.74 Å². The minimum atomic E-state index is 0.420. The highest BCUT2D eigenvalue weighted by Crippen LogP contribution is 2.28. The highest BCUT2D eigenvalue weighted by atomic mass is 16.5. The standard InChI is InChI=1S/C12H13NO2/c1-8-9-4-3-5-11(15-2)12(9)13-10(8)6-7-14/h3-5,7,13H,6H2,1-2H3. The summed E-state index contributed by atoms with van der Waals surface area (Å²) in [6.07, 6.45) is 1.33. The number of benzene rings is 1. The van der Waals surface area contributed by atoms with Crippen LogP contribution in [0.5, 0.6) is 5.75 Å². The van der Waals surface area contributed by atoms with Crippen LogP contribution >= 0.6 is 0 Å². The molecule has 0 aliphatic heterocycles. The predicted molar refractivity (Wildman–Crippen MR) is 59.4 cm³/mol. The molecule has 1 aromatic carbocycles. The van der Waals surface area contributed by atoms with Crippen LogP contribution in [0.25, 0.3) is 10.9 Å². The van der Waals surface area contributed by atoms with E-state index in [2.05, 4.69) is 4.98 Å². The number of aromatic nitrogens is 1. The zero-order valence-corrected chi connectivity index (χ0v) is 8.83. The number of methoxy groups -OCH3 is 1. The van der Waals surface area contributed by atoms with Gasteiger partial charge in [-0.25, -0.2) is 0 Å². The van der Waals surface area contributed by atoms with Crippen LogP contribution in [0.4, 0.5) is 0 Å². The molecule has 0 unspecified atom stereocenters. The first-order chi connectivity index (χ1) is 7.27. The molecule has 1 aromatic heterocycles. The van der Waals surface area contributed by atoms with E-state index < -0.39 is 0 Å². The summed E-state index contributed by atoms with van der Waals surface area (Å²) in [7, 11) is 1.64. The maximum Gasteiger partial charge on any atom is 0.142 e. The van der Waals surface area contributed by atoms with Crippen LogP contribution in [0.1, 0.15) is 11.3 Å². The topological polar surface area (TPSA) is 42.1 Å². The average molecular weight is 203 g/mol. The molecule has 0 aliphatic carbocycles. The van der Waals surface area contributed by atoms with Gasteiger partial charge in [0.2, 0.25) is 0 Å². The normalized spacial score (nSPS) is 10.5. The Bertz CT molecular complexity index is 500. The third-order valence-corrected chi connectivity index (χ3v) is 2.67. The number of nitrogens with one attached hydrogen (secondary N) is 1. The van der Waals surface area contributed by atoms with Crippen molar-refractivity contribution < 1.29 is 9.53 Å². The lowest BCUT2D eigenvalue weighted by Crippen LogP contribution is -1.88. The van der Waals surface area contributed by atoms with Crippen molar-refractivity contribution in [1.29, 1.82) is 0 Å². The van der Waals surface area contributed by atoms with Crippen LogP contribution < -0.4 is 4.74 Å². The number of hydrogen-bond donors (Lipinski definition) is 1. The van der Waals surface area contributed by atoms with Crippen molar-refractivity contribution in [3.8, 4) is 5.75 Å². The highest BCUT2D eigenvalue weighted by molar-refractivity contribution is 5.89. The van der Waals surface area contributed by atoms with Gasteiger partial charge < -0.3 is 14.5 Å². The fourth-order valence-corrected chi connectivity index (χ4v) is 1.84. The van der Waals surface area contributed by atoms with Gasteiger partial charge in [-0.2, -0.15) is 0 Å². The van der Waals surface area contributed by atoms with Crippen LogP contribution in [0, 0.1) is 6.92 Å². The summed E-state index contributed by atoms with van der Waals surface area (Å²) in [5, 5.41) is 1.12. The quantitative estimate of drug-likeness (QED) is 0.777. The molecule has 1 N–H and O–H groups in total. The number of para-hydroxylation sites is 1. The lowest BCUT2D eigenvalue weighted by atomic mass is 10.1. The molecule has 3 nitrogen and oxygen atoms in total. The van der Waals surface area contributed by atoms with E-state index >= 15 is 0 Å². The molecule has 0 fully saturated rings. The van der Waals surface area contributed by atoms with Gasteiger partial charge in [-0.15, -0.1) is 0 Å². The van der Waals surface area contributed by atoms with Crippen molar-refractivity contribution in [1.82, 2.24) is 4.98 Å². The number of carbonyl (C=O) groups excluding carboxylic acids is 1. The number of aldehydes is 1. The first-order valence-electron chi connectivity index (χ1n) is 4.85. The zero-order valence-electron chi connectivity index (χ0n) is 8.83. The molecule has 15 heavy (non-hydrogen) atoms. The second kappa shape index (κ2) is 3.77. The van der Waals surface area contributed by atoms with E-state index in [1.165, 1.54) is 0 Å². The molecule has 1 heterocycles. The van der Waals surface area contributed by atoms with Crippen molar-refractivity contribution in [2.45, 2.75) is 13.3 Å². The van der Waals surface area contributed by atoms with Gasteiger partial charge in [0.15, 0.2) is 0 Å². The number of rotatable bonds is 3. The number of ether oxygens (including phenoxy) is 1. The lowest BCUT2D eigenvalue weighted by Gasteiger charge is -2.00. The SMILES string of the molecule is COc1cccc2c(C)c(CC=O)[nH]c12. The summed E-state index contributed by atoms with van der Waals surface area (Å²) >= 11 is 0. The van der Waals surface area contributed by atoms with E-state index in [0.717, 1.165) is 34.2 Å². The monoisotopic (exact) mass is 203 g/mol. The van der Waals surface area contributed by atoms with Gasteiger partial charge in [0.1, 0.15) is 12.0 Å². The van der Waals surface area contributed by atoms with Crippen molar-refractivity contribution in [2.75, 3.05) is 7.11 Å². The smallest absolute Gasteiger partial charge is 0.142 e. The molecule has 0 aliphatic rings. The Morgan fingerprint density at radius 2 is 2.27 bits per heavy atom. The Labute approximate surface area is 88.1 Å². The Morgan fingerprint density at radius 1 is 1.47 bits per heavy atom. The summed E-state index contributed by atoms with van der Waals surface area (Å²) in [5.74, 6) is 0.813. The molecule has 78 valence electrons. The van der Waals surface area contributed by atoms with Crippen LogP contribution in [-0.2, 0) is 11.2 Å². The first kappa shape index (κ1) is 9.77. The van der Waals surface area contributed by atoms with E-state index in [1.807, 2.05) is 25.1 Å². The number of hydrogen-bond acceptors (Lipinski definition) is 2. The molecule has 0 saturated carbocycles. The molecular formula is C12H13NO2. The van der Waals surface area contributed by atoms with Gasteiger partial charge >= 0.3 is 0 Å². The number of aryl methyl sites for hydroxylation is 1. The molecular weight excluding hydrogens is 190 g/mol. The summed E-state index contributed by atoms with van der Waals surface area (Å²) < 4.78 is 5.25. The Morgan fingerprint density at radius 3 is 2.93 bits per heavy atom. The minimum absolute atomic E-state index is 0.420. The van der Waals surface area contributed by atoms with E-state index in [9.17, 15) is 4.79 Å². The molecule has 2 rings (SSSR count). The lowest BCUT2D eigenvalue weighted by molar-refractivity contribution is -0.107. The number of fused-ring (bicyclic) bond motifs is 1. The fraction of sp³-hybridized carbons (Fsp3) is 0.250. The highest BCUT2D eigenvalue weighted by Gasteiger charge is 2.09. The van der Waals surface area contributed by atoms with E-state index in [1.54, 1.807) is 7.11 Å². The van der Waals surface area contributed by atoms with Crippen molar-refractivity contribution in [3.05, 3.63) is 29.5 Å². The molecule has 2 aromatic rings. The van der Waals surface area contributed by atoms with Gasteiger partial charge in [-0.1, -0.05) is 12.1 Å². The molecule has 0 bridgehead atoms. The van der Waals surface area contributed by atoms with Crippen LogP contribution in [-0.4, -0.2) is 18.4 Å². The zero-order chi connectivity index (χ0) is 10.8. The number of aromatic amines is 1. The summed E-state index contributed by atoms with van der Waals surface area (Å²) in [6.45, 7) is 2.01. The van der Waals surface area contributed by atoms with Gasteiger partial charge in [0, 0.05) is 17.5 Å². The van der Waals surface area contributed by atoms with Gasteiger partial charge in [0.05, 0.1) is 12.6 Å². The molecule has 0 radical (unpaired) electrons. The Balaban J connectivity index is 2.69. The molecule has 0 amide bonds. The minimum Gasteiger partial charge on any atom is -0.495 e. The van der Waals surface area contributed by atoms with Gasteiger partial charge in [0.25, 0.3) is 0 Å². The average Bonchev–Trinajstić information content (AvgIpc) is 2.57. The maximum atomic E-state index is 10.5. The number of H-pyrrole nitrogens is 1. The van der Waals surface area contributed by atoms with Crippen LogP contribution in [0.2, 0.25) is 0 Å². The predicted octanol–water partition coefficient (Wildman–Crippen LogP) is 2.23. The molecule has 3 heteroatoms. The molecule has 0 spiro atoms. The summed E-state index contributed by atoms with van der Waals surface area (Å²) in [6, 6.07) is 5.88. The molecule has 0 saturated heterocycles. The van der Waals surface area contributed by atoms with Crippen LogP contribution in [0.15, 0.2) is 18.2 Å². The largest absolute Gasteiger partial charge is 0.495 e. The second-order valence-corrected chi connectivity index (χ2v) is 3.48. The summed E-state index contributed by atoms with van der Waals surface area (Å²) in [4.78, 5) is 13.7.